The second-order valence-electron chi connectivity index (χ2n) is 7.45. The largest absolute Gasteiger partial charge is 0.475 e. The minimum atomic E-state index is -4.26. The molecule has 0 aliphatic rings. The highest BCUT2D eigenvalue weighted by Gasteiger charge is 2.37. The summed E-state index contributed by atoms with van der Waals surface area (Å²) in [7, 11) is -4.26. The molecule has 0 fully saturated rings. The quantitative estimate of drug-likeness (QED) is 0.126. The third kappa shape index (κ3) is 11.4. The van der Waals surface area contributed by atoms with Gasteiger partial charge in [0.05, 0.1) is 39.6 Å². The van der Waals surface area contributed by atoms with Crippen LogP contribution < -0.4 is 0 Å². The third-order valence-electron chi connectivity index (χ3n) is 4.58. The van der Waals surface area contributed by atoms with Gasteiger partial charge in [-0.05, 0) is 11.1 Å². The maximum atomic E-state index is 13.6. The number of hydrogen-bond acceptors (Lipinski definition) is 9. The van der Waals surface area contributed by atoms with Gasteiger partial charge in [-0.3, -0.25) is 13.6 Å². The standard InChI is InChI=1S/C26H33O9P/c1-3-15-30-20-25(34-26(28)21-31-16-4-2)24(17-27)35-36(29,32-18-22-11-7-5-8-12-22)33-19-23-13-9-6-10-14-23/h3-14,24-25,27H,1-2,15-21H2. The highest BCUT2D eigenvalue weighted by atomic mass is 31.2. The Morgan fingerprint density at radius 2 is 1.39 bits per heavy atom. The Bertz CT molecular complexity index is 905. The Morgan fingerprint density at radius 3 is 1.89 bits per heavy atom. The molecular formula is C26H33O9P. The fourth-order valence-corrected chi connectivity index (χ4v) is 4.20. The summed E-state index contributed by atoms with van der Waals surface area (Å²) in [6.07, 6.45) is 0.582. The molecule has 0 saturated heterocycles. The molecule has 2 unspecified atom stereocenters. The number of esters is 1. The zero-order valence-electron chi connectivity index (χ0n) is 20.1. The summed E-state index contributed by atoms with van der Waals surface area (Å²) >= 11 is 0. The predicted octanol–water partition coefficient (Wildman–Crippen LogP) is 4.22. The SMILES string of the molecule is C=CCOCC(=O)OC(COCC=C)C(CO)OP(=O)(OCc1ccccc1)OCc1ccccc1. The zero-order valence-corrected chi connectivity index (χ0v) is 21.0. The molecular weight excluding hydrogens is 487 g/mol. The Morgan fingerprint density at radius 1 is 0.861 bits per heavy atom. The molecule has 10 heteroatoms. The molecule has 0 radical (unpaired) electrons. The number of benzene rings is 2. The number of phosphoric ester groups is 1. The fraction of sp³-hybridized carbons (Fsp3) is 0.346. The number of phosphoric acid groups is 1. The molecule has 0 aliphatic heterocycles. The van der Waals surface area contributed by atoms with Crippen LogP contribution in [0.15, 0.2) is 86.0 Å². The number of aliphatic hydroxyl groups excluding tert-OH is 1. The minimum absolute atomic E-state index is 0.0716. The Labute approximate surface area is 211 Å². The van der Waals surface area contributed by atoms with Crippen LogP contribution in [0.3, 0.4) is 0 Å². The van der Waals surface area contributed by atoms with E-state index in [0.717, 1.165) is 11.1 Å². The van der Waals surface area contributed by atoms with Gasteiger partial charge in [0, 0.05) is 0 Å². The number of rotatable bonds is 19. The van der Waals surface area contributed by atoms with Gasteiger partial charge < -0.3 is 19.3 Å². The van der Waals surface area contributed by atoms with Crippen molar-refractivity contribution in [3.63, 3.8) is 0 Å². The Kier molecular flexibility index (Phi) is 13.9. The van der Waals surface area contributed by atoms with E-state index < -0.39 is 32.6 Å². The number of ether oxygens (including phenoxy) is 3. The lowest BCUT2D eigenvalue weighted by Crippen LogP contribution is -2.40. The molecule has 0 heterocycles. The van der Waals surface area contributed by atoms with Gasteiger partial charge in [-0.15, -0.1) is 13.2 Å². The molecule has 2 rings (SSSR count). The molecule has 0 aromatic heterocycles. The van der Waals surface area contributed by atoms with E-state index in [4.69, 9.17) is 27.8 Å². The van der Waals surface area contributed by atoms with Crippen LogP contribution in [0.25, 0.3) is 0 Å². The smallest absolute Gasteiger partial charge is 0.455 e. The number of carbonyl (C=O) groups is 1. The summed E-state index contributed by atoms with van der Waals surface area (Å²) in [6.45, 7) is 6.08. The normalized spacial score (nSPS) is 13.0. The third-order valence-corrected chi connectivity index (χ3v) is 6.00. The van der Waals surface area contributed by atoms with Crippen LogP contribution in [0.4, 0.5) is 0 Å². The average Bonchev–Trinajstić information content (AvgIpc) is 2.90. The van der Waals surface area contributed by atoms with Gasteiger partial charge in [-0.1, -0.05) is 72.8 Å². The fourth-order valence-electron chi connectivity index (χ4n) is 2.85. The lowest BCUT2D eigenvalue weighted by Gasteiger charge is -2.28. The summed E-state index contributed by atoms with van der Waals surface area (Å²) in [5.74, 6) is -0.726. The highest BCUT2D eigenvalue weighted by Crippen LogP contribution is 2.52. The van der Waals surface area contributed by atoms with E-state index in [1.165, 1.54) is 12.2 Å². The first-order valence-corrected chi connectivity index (χ1v) is 12.8. The first-order valence-electron chi connectivity index (χ1n) is 11.3. The van der Waals surface area contributed by atoms with E-state index in [1.54, 1.807) is 24.3 Å². The van der Waals surface area contributed by atoms with E-state index in [1.807, 2.05) is 36.4 Å². The topological polar surface area (TPSA) is 110 Å². The van der Waals surface area contributed by atoms with Crippen molar-refractivity contribution in [2.45, 2.75) is 25.4 Å². The van der Waals surface area contributed by atoms with Crippen LogP contribution in [0.1, 0.15) is 11.1 Å². The molecule has 0 amide bonds. The molecule has 36 heavy (non-hydrogen) atoms. The van der Waals surface area contributed by atoms with Crippen molar-refractivity contribution < 1.29 is 42.2 Å². The van der Waals surface area contributed by atoms with Crippen molar-refractivity contribution in [2.24, 2.45) is 0 Å². The van der Waals surface area contributed by atoms with Gasteiger partial charge in [-0.2, -0.15) is 0 Å². The maximum absolute atomic E-state index is 13.6. The number of carbonyl (C=O) groups excluding carboxylic acids is 1. The minimum Gasteiger partial charge on any atom is -0.455 e. The van der Waals surface area contributed by atoms with Crippen LogP contribution in [0.2, 0.25) is 0 Å². The monoisotopic (exact) mass is 520 g/mol. The molecule has 0 spiro atoms. The molecule has 2 aromatic rings. The van der Waals surface area contributed by atoms with Gasteiger partial charge in [0.1, 0.15) is 12.7 Å². The lowest BCUT2D eigenvalue weighted by molar-refractivity contribution is -0.165. The Hall–Kier alpha value is -2.62. The van der Waals surface area contributed by atoms with Crippen molar-refractivity contribution in [1.82, 2.24) is 0 Å². The average molecular weight is 521 g/mol. The molecule has 2 aromatic carbocycles. The first-order chi connectivity index (χ1) is 17.5. The van der Waals surface area contributed by atoms with Crippen molar-refractivity contribution in [3.8, 4) is 0 Å². The van der Waals surface area contributed by atoms with E-state index >= 15 is 0 Å². The van der Waals surface area contributed by atoms with Crippen molar-refractivity contribution >= 4 is 13.8 Å². The molecule has 1 N–H and O–H groups in total. The van der Waals surface area contributed by atoms with Crippen molar-refractivity contribution in [1.29, 1.82) is 0 Å². The maximum Gasteiger partial charge on any atom is 0.475 e. The van der Waals surface area contributed by atoms with E-state index in [9.17, 15) is 14.5 Å². The van der Waals surface area contributed by atoms with E-state index in [0.29, 0.717) is 0 Å². The van der Waals surface area contributed by atoms with Crippen molar-refractivity contribution in [2.75, 3.05) is 33.0 Å². The second-order valence-corrected chi connectivity index (χ2v) is 9.07. The summed E-state index contributed by atoms with van der Waals surface area (Å²) < 4.78 is 46.4. The molecule has 0 bridgehead atoms. The van der Waals surface area contributed by atoms with Crippen LogP contribution >= 0.6 is 7.82 Å². The number of hydrogen-bond donors (Lipinski definition) is 1. The highest BCUT2D eigenvalue weighted by molar-refractivity contribution is 7.48. The zero-order chi connectivity index (χ0) is 26.1. The van der Waals surface area contributed by atoms with Gasteiger partial charge >= 0.3 is 13.8 Å². The predicted molar refractivity (Wildman–Crippen MR) is 134 cm³/mol. The van der Waals surface area contributed by atoms with Gasteiger partial charge in [0.2, 0.25) is 0 Å². The molecule has 9 nitrogen and oxygen atoms in total. The van der Waals surface area contributed by atoms with E-state index in [-0.39, 0.29) is 39.6 Å². The van der Waals surface area contributed by atoms with Crippen molar-refractivity contribution in [3.05, 3.63) is 97.1 Å². The Balaban J connectivity index is 2.17. The summed E-state index contributed by atoms with van der Waals surface area (Å²) in [5, 5.41) is 10.0. The van der Waals surface area contributed by atoms with Crippen LogP contribution in [0.5, 0.6) is 0 Å². The number of aliphatic hydroxyl groups is 1. The van der Waals surface area contributed by atoms with Gasteiger partial charge in [-0.25, -0.2) is 9.36 Å². The molecule has 196 valence electrons. The van der Waals surface area contributed by atoms with Gasteiger partial charge in [0.15, 0.2) is 6.10 Å². The summed E-state index contributed by atoms with van der Waals surface area (Å²) in [6, 6.07) is 18.1. The molecule has 2 atom stereocenters. The summed E-state index contributed by atoms with van der Waals surface area (Å²) in [5.41, 5.74) is 1.48. The van der Waals surface area contributed by atoms with Crippen LogP contribution in [-0.4, -0.2) is 56.3 Å². The summed E-state index contributed by atoms with van der Waals surface area (Å²) in [4.78, 5) is 12.2. The van der Waals surface area contributed by atoms with Crippen LogP contribution in [-0.2, 0) is 50.4 Å². The van der Waals surface area contributed by atoms with E-state index in [2.05, 4.69) is 13.2 Å². The molecule has 0 aliphatic carbocycles. The first kappa shape index (κ1) is 29.6. The van der Waals surface area contributed by atoms with Gasteiger partial charge in [0.25, 0.3) is 0 Å². The lowest BCUT2D eigenvalue weighted by atomic mass is 10.2. The second kappa shape index (κ2) is 16.9. The van der Waals surface area contributed by atoms with Crippen LogP contribution in [0, 0.1) is 0 Å². The molecule has 0 saturated carbocycles.